The summed E-state index contributed by atoms with van der Waals surface area (Å²) in [5, 5.41) is 0. The zero-order valence-corrected chi connectivity index (χ0v) is 3.65. The van der Waals surface area contributed by atoms with E-state index in [9.17, 15) is 0 Å². The van der Waals surface area contributed by atoms with Gasteiger partial charge in [-0.05, 0) is 14.1 Å². The van der Waals surface area contributed by atoms with E-state index in [0.29, 0.717) is 0 Å². The molecule has 0 rings (SSSR count). The Hall–Kier alpha value is -0.120. The summed E-state index contributed by atoms with van der Waals surface area (Å²) in [6.45, 7) is 0. The molecule has 0 aliphatic rings. The third-order valence-corrected chi connectivity index (χ3v) is 0. The molecule has 3 heteroatoms. The fourth-order valence-corrected chi connectivity index (χ4v) is 0. The second-order valence-electron chi connectivity index (χ2n) is 0. The number of nitrogens with two attached hydrogens (primary N) is 2. The minimum absolute atomic E-state index is 0. The van der Waals surface area contributed by atoms with Crippen molar-refractivity contribution in [3.63, 3.8) is 0 Å². The Morgan fingerprint density at radius 1 is 0.800 bits per heavy atom. The molecular weight excluding hydrogens is 68.0 g/mol. The van der Waals surface area contributed by atoms with Crippen LogP contribution in [0.5, 0.6) is 0 Å². The Bertz CT molecular complexity index is 7.61. The van der Waals surface area contributed by atoms with E-state index in [1.165, 1.54) is 14.1 Å². The monoisotopic (exact) mass is 80.1 g/mol. The SMILES string of the molecule is CN.CN.O. The highest BCUT2D eigenvalue weighted by atomic mass is 16.0. The molecule has 3 nitrogen and oxygen atoms in total. The Kier molecular flexibility index (Phi) is 9290. The van der Waals surface area contributed by atoms with E-state index in [1.807, 2.05) is 0 Å². The van der Waals surface area contributed by atoms with Gasteiger partial charge < -0.3 is 16.9 Å². The van der Waals surface area contributed by atoms with Crippen LogP contribution in [-0.2, 0) is 0 Å². The molecule has 0 saturated heterocycles. The molecule has 36 valence electrons. The van der Waals surface area contributed by atoms with Gasteiger partial charge in [0.15, 0.2) is 0 Å². The predicted molar refractivity (Wildman–Crippen MR) is 23.8 cm³/mol. The van der Waals surface area contributed by atoms with Crippen LogP contribution in [0, 0.1) is 0 Å². The van der Waals surface area contributed by atoms with E-state index in [4.69, 9.17) is 0 Å². The van der Waals surface area contributed by atoms with Crippen LogP contribution < -0.4 is 11.5 Å². The van der Waals surface area contributed by atoms with E-state index in [-0.39, 0.29) is 5.48 Å². The van der Waals surface area contributed by atoms with Gasteiger partial charge in [0.1, 0.15) is 0 Å². The highest BCUT2D eigenvalue weighted by Gasteiger charge is 0.838. The lowest BCUT2D eigenvalue weighted by Gasteiger charge is -1.19. The molecule has 0 fully saturated rings. The molecule has 0 unspecified atom stereocenters. The maximum atomic E-state index is 4.50. The predicted octanol–water partition coefficient (Wildman–Crippen LogP) is -1.67. The maximum Gasteiger partial charge on any atom is -0.0195 e. The molecule has 0 spiro atoms. The van der Waals surface area contributed by atoms with Crippen LogP contribution in [0.2, 0.25) is 0 Å². The summed E-state index contributed by atoms with van der Waals surface area (Å²) in [7, 11) is 3.00. The van der Waals surface area contributed by atoms with E-state index in [1.54, 1.807) is 0 Å². The molecular formula is C2H12N2O. The second kappa shape index (κ2) is 2230. The molecule has 0 radical (unpaired) electrons. The Morgan fingerprint density at radius 2 is 0.800 bits per heavy atom. The topological polar surface area (TPSA) is 83.5 Å². The average Bonchev–Trinajstić information content (AvgIpc) is 1.50. The molecule has 0 aromatic rings. The Balaban J connectivity index is -0.0000000133. The van der Waals surface area contributed by atoms with Gasteiger partial charge in [0.05, 0.1) is 0 Å². The van der Waals surface area contributed by atoms with Crippen LogP contribution in [0.15, 0.2) is 0 Å². The lowest BCUT2D eigenvalue weighted by molar-refractivity contribution is 0.824. The molecule has 0 bridgehead atoms. The highest BCUT2D eigenvalue weighted by Crippen LogP contribution is 0.471. The van der Waals surface area contributed by atoms with Gasteiger partial charge in [0.2, 0.25) is 0 Å². The zero-order chi connectivity index (χ0) is 4.00. The van der Waals surface area contributed by atoms with Crippen molar-refractivity contribution in [3.05, 3.63) is 0 Å². The van der Waals surface area contributed by atoms with Crippen molar-refractivity contribution in [2.45, 2.75) is 0 Å². The van der Waals surface area contributed by atoms with Gasteiger partial charge in [-0.3, -0.25) is 0 Å². The number of hydrogen-bond acceptors (Lipinski definition) is 2. The number of rotatable bonds is 0. The molecule has 6 N–H and O–H groups in total. The van der Waals surface area contributed by atoms with Crippen LogP contribution in [0.25, 0.3) is 0 Å². The van der Waals surface area contributed by atoms with Crippen LogP contribution in [-0.4, -0.2) is 19.6 Å². The normalized spacial score (nSPS) is 2.40. The van der Waals surface area contributed by atoms with Crippen molar-refractivity contribution in [3.8, 4) is 0 Å². The van der Waals surface area contributed by atoms with Gasteiger partial charge in [-0.25, -0.2) is 0 Å². The van der Waals surface area contributed by atoms with Crippen molar-refractivity contribution in [2.24, 2.45) is 11.5 Å². The van der Waals surface area contributed by atoms with Crippen molar-refractivity contribution in [1.29, 1.82) is 0 Å². The van der Waals surface area contributed by atoms with E-state index in [0.717, 1.165) is 0 Å². The van der Waals surface area contributed by atoms with Crippen LogP contribution >= 0.6 is 0 Å². The molecule has 0 aromatic heterocycles. The first kappa shape index (κ1) is 20.8. The summed E-state index contributed by atoms with van der Waals surface area (Å²) in [6, 6.07) is 0. The third kappa shape index (κ3) is 952. The van der Waals surface area contributed by atoms with Gasteiger partial charge in [0, 0.05) is 0 Å². The minimum Gasteiger partial charge on any atom is -0.412 e. The van der Waals surface area contributed by atoms with Crippen molar-refractivity contribution in [2.75, 3.05) is 14.1 Å². The average molecular weight is 80.1 g/mol. The molecule has 0 aliphatic carbocycles. The second-order valence-corrected chi connectivity index (χ2v) is 0. The van der Waals surface area contributed by atoms with Gasteiger partial charge in [-0.2, -0.15) is 0 Å². The Labute approximate surface area is 32.3 Å². The van der Waals surface area contributed by atoms with Gasteiger partial charge in [-0.15, -0.1) is 0 Å². The van der Waals surface area contributed by atoms with Crippen molar-refractivity contribution in [1.82, 2.24) is 0 Å². The molecule has 0 saturated carbocycles. The van der Waals surface area contributed by atoms with Gasteiger partial charge in [0.25, 0.3) is 0 Å². The zero-order valence-electron chi connectivity index (χ0n) is 3.65. The van der Waals surface area contributed by atoms with Crippen LogP contribution in [0.3, 0.4) is 0 Å². The first-order valence-electron chi connectivity index (χ1n) is 1.15. The standard InChI is InChI=1S/2CH5N.H2O/c2*1-2;/h2*2H2,1H3;1H2. The third-order valence-electron chi connectivity index (χ3n) is 0. The fourth-order valence-electron chi connectivity index (χ4n) is 0. The first-order chi connectivity index (χ1) is 2.00. The summed E-state index contributed by atoms with van der Waals surface area (Å²) in [5.74, 6) is 0. The van der Waals surface area contributed by atoms with Crippen LogP contribution in [0.1, 0.15) is 0 Å². The molecule has 0 heterocycles. The van der Waals surface area contributed by atoms with E-state index in [2.05, 4.69) is 11.5 Å². The lowest BCUT2D eigenvalue weighted by atomic mass is 11.6. The lowest BCUT2D eigenvalue weighted by Crippen LogP contribution is -1.69. The van der Waals surface area contributed by atoms with Gasteiger partial charge >= 0.3 is 0 Å². The quantitative estimate of drug-likeness (QED) is 0.364. The summed E-state index contributed by atoms with van der Waals surface area (Å²) in [6.07, 6.45) is 0. The van der Waals surface area contributed by atoms with Crippen LogP contribution in [0.4, 0.5) is 0 Å². The smallest absolute Gasteiger partial charge is 0.0195 e. The minimum atomic E-state index is 0. The van der Waals surface area contributed by atoms with Crippen molar-refractivity contribution >= 4 is 0 Å². The summed E-state index contributed by atoms with van der Waals surface area (Å²) in [4.78, 5) is 0. The summed E-state index contributed by atoms with van der Waals surface area (Å²) in [5.41, 5.74) is 9.00. The van der Waals surface area contributed by atoms with E-state index >= 15 is 0 Å². The molecule has 0 amide bonds. The summed E-state index contributed by atoms with van der Waals surface area (Å²) >= 11 is 0. The summed E-state index contributed by atoms with van der Waals surface area (Å²) < 4.78 is 0. The van der Waals surface area contributed by atoms with Crippen molar-refractivity contribution < 1.29 is 5.48 Å². The largest absolute Gasteiger partial charge is 0.412 e. The molecule has 0 aromatic carbocycles. The highest BCUT2D eigenvalue weighted by molar-refractivity contribution is 3.54. The van der Waals surface area contributed by atoms with Gasteiger partial charge in [-0.1, -0.05) is 0 Å². The van der Waals surface area contributed by atoms with E-state index < -0.39 is 0 Å². The Morgan fingerprint density at radius 3 is 0.800 bits per heavy atom. The molecule has 5 heavy (non-hydrogen) atoms. The molecule has 0 aliphatic heterocycles. The molecule has 0 atom stereocenters. The maximum absolute atomic E-state index is 4.50. The fraction of sp³-hybridized carbons (Fsp3) is 1.00. The first-order valence-corrected chi connectivity index (χ1v) is 1.15. The number of hydrogen-bond donors (Lipinski definition) is 2.